The summed E-state index contributed by atoms with van der Waals surface area (Å²) >= 11 is 3.44. The highest BCUT2D eigenvalue weighted by Crippen LogP contribution is 2.19. The fraction of sp³-hybridized carbons (Fsp3) is 0.385. The zero-order valence-corrected chi connectivity index (χ0v) is 11.7. The Morgan fingerprint density at radius 2 is 2.06 bits per heavy atom. The van der Waals surface area contributed by atoms with Gasteiger partial charge < -0.3 is 5.32 Å². The Balaban J connectivity index is 2.28. The molecular formula is C13H16BrN3. The zero-order valence-electron chi connectivity index (χ0n) is 10.1. The largest absolute Gasteiger partial charge is 0.351 e. The Morgan fingerprint density at radius 1 is 1.29 bits per heavy atom. The molecule has 17 heavy (non-hydrogen) atoms. The second kappa shape index (κ2) is 5.45. The molecule has 0 radical (unpaired) electrons. The minimum atomic E-state index is 0.447. The predicted molar refractivity (Wildman–Crippen MR) is 75.2 cm³/mol. The minimum absolute atomic E-state index is 0.447. The van der Waals surface area contributed by atoms with Crippen molar-refractivity contribution in [1.29, 1.82) is 0 Å². The van der Waals surface area contributed by atoms with Gasteiger partial charge in [-0.2, -0.15) is 0 Å². The van der Waals surface area contributed by atoms with E-state index >= 15 is 0 Å². The lowest BCUT2D eigenvalue weighted by molar-refractivity contribution is 0.665. The number of hydrogen-bond donors (Lipinski definition) is 1. The lowest BCUT2D eigenvalue weighted by Crippen LogP contribution is -2.18. The molecule has 2 aromatic rings. The molecule has 4 heteroatoms. The molecule has 0 atom stereocenters. The molecule has 1 heterocycles. The van der Waals surface area contributed by atoms with E-state index in [-0.39, 0.29) is 0 Å². The summed E-state index contributed by atoms with van der Waals surface area (Å²) < 4.78 is 1.05. The minimum Gasteiger partial charge on any atom is -0.351 e. The third kappa shape index (κ3) is 2.94. The molecule has 0 saturated carbocycles. The van der Waals surface area contributed by atoms with Gasteiger partial charge in [0.1, 0.15) is 0 Å². The summed E-state index contributed by atoms with van der Waals surface area (Å²) in [6, 6.07) is 6.47. The van der Waals surface area contributed by atoms with E-state index in [9.17, 15) is 0 Å². The molecule has 0 unspecified atom stereocenters. The number of nitrogens with zero attached hydrogens (tertiary/aromatic N) is 2. The van der Waals surface area contributed by atoms with E-state index < -0.39 is 0 Å². The summed E-state index contributed by atoms with van der Waals surface area (Å²) in [5.74, 6) is 0.716. The highest BCUT2D eigenvalue weighted by molar-refractivity contribution is 9.10. The van der Waals surface area contributed by atoms with Crippen LogP contribution in [0.3, 0.4) is 0 Å². The smallest absolute Gasteiger partial charge is 0.223 e. The summed E-state index contributed by atoms with van der Waals surface area (Å²) in [5.41, 5.74) is 0.969. The van der Waals surface area contributed by atoms with Gasteiger partial charge in [0, 0.05) is 22.1 Å². The van der Waals surface area contributed by atoms with Gasteiger partial charge in [0.05, 0.1) is 5.52 Å². The summed E-state index contributed by atoms with van der Waals surface area (Å²) in [4.78, 5) is 8.85. The maximum absolute atomic E-state index is 4.51. The Kier molecular flexibility index (Phi) is 3.94. The van der Waals surface area contributed by atoms with Crippen molar-refractivity contribution in [2.75, 3.05) is 5.32 Å². The van der Waals surface area contributed by atoms with Gasteiger partial charge in [0.25, 0.3) is 0 Å². The van der Waals surface area contributed by atoms with Crippen LogP contribution in [0.15, 0.2) is 28.9 Å². The van der Waals surface area contributed by atoms with Gasteiger partial charge in [-0.3, -0.25) is 0 Å². The molecule has 1 aromatic carbocycles. The number of fused-ring (bicyclic) bond motifs is 1. The van der Waals surface area contributed by atoms with Gasteiger partial charge in [-0.1, -0.05) is 29.8 Å². The van der Waals surface area contributed by atoms with Gasteiger partial charge >= 0.3 is 0 Å². The summed E-state index contributed by atoms with van der Waals surface area (Å²) in [5, 5.41) is 4.40. The van der Waals surface area contributed by atoms with E-state index in [0.29, 0.717) is 12.0 Å². The molecule has 0 saturated heterocycles. The van der Waals surface area contributed by atoms with Crippen molar-refractivity contribution >= 4 is 32.8 Å². The Hall–Kier alpha value is -1.16. The number of nitrogens with one attached hydrogen (secondary N) is 1. The van der Waals surface area contributed by atoms with E-state index in [1.165, 1.54) is 0 Å². The average molecular weight is 294 g/mol. The molecule has 0 aliphatic heterocycles. The molecule has 0 fully saturated rings. The summed E-state index contributed by atoms with van der Waals surface area (Å²) in [6.07, 6.45) is 4.02. The summed E-state index contributed by atoms with van der Waals surface area (Å²) in [7, 11) is 0. The number of anilines is 1. The third-order valence-electron chi connectivity index (χ3n) is 2.86. The van der Waals surface area contributed by atoms with Crippen LogP contribution in [0.4, 0.5) is 5.95 Å². The Bertz CT molecular complexity index is 509. The molecule has 3 nitrogen and oxygen atoms in total. The van der Waals surface area contributed by atoms with Crippen molar-refractivity contribution in [1.82, 2.24) is 9.97 Å². The van der Waals surface area contributed by atoms with E-state index in [1.807, 2.05) is 24.4 Å². The number of halogens is 1. The summed E-state index contributed by atoms with van der Waals surface area (Å²) in [6.45, 7) is 4.33. The highest BCUT2D eigenvalue weighted by Gasteiger charge is 2.05. The van der Waals surface area contributed by atoms with Crippen LogP contribution in [-0.2, 0) is 0 Å². The second-order valence-electron chi connectivity index (χ2n) is 4.05. The molecular weight excluding hydrogens is 278 g/mol. The maximum atomic E-state index is 4.51. The van der Waals surface area contributed by atoms with Crippen LogP contribution in [0.25, 0.3) is 10.9 Å². The van der Waals surface area contributed by atoms with Crippen LogP contribution in [-0.4, -0.2) is 16.0 Å². The fourth-order valence-electron chi connectivity index (χ4n) is 1.75. The zero-order chi connectivity index (χ0) is 12.3. The van der Waals surface area contributed by atoms with Gasteiger partial charge in [0.2, 0.25) is 5.95 Å². The highest BCUT2D eigenvalue weighted by atomic mass is 79.9. The van der Waals surface area contributed by atoms with Gasteiger partial charge in [0.15, 0.2) is 0 Å². The first kappa shape index (κ1) is 12.3. The molecule has 0 bridgehead atoms. The van der Waals surface area contributed by atoms with Crippen molar-refractivity contribution in [3.05, 3.63) is 28.9 Å². The first-order valence-electron chi connectivity index (χ1n) is 5.91. The molecule has 1 aromatic heterocycles. The monoisotopic (exact) mass is 293 g/mol. The van der Waals surface area contributed by atoms with Crippen molar-refractivity contribution < 1.29 is 0 Å². The van der Waals surface area contributed by atoms with Gasteiger partial charge in [-0.05, 0) is 31.0 Å². The van der Waals surface area contributed by atoms with Crippen LogP contribution in [0.2, 0.25) is 0 Å². The van der Waals surface area contributed by atoms with Crippen LogP contribution >= 0.6 is 15.9 Å². The molecule has 0 amide bonds. The lowest BCUT2D eigenvalue weighted by atomic mass is 10.2. The number of benzene rings is 1. The van der Waals surface area contributed by atoms with Crippen molar-refractivity contribution in [3.63, 3.8) is 0 Å². The van der Waals surface area contributed by atoms with E-state index in [2.05, 4.69) is 45.1 Å². The van der Waals surface area contributed by atoms with Crippen LogP contribution in [0.5, 0.6) is 0 Å². The number of rotatable bonds is 4. The molecule has 1 N–H and O–H groups in total. The average Bonchev–Trinajstić information content (AvgIpc) is 2.36. The third-order valence-corrected chi connectivity index (χ3v) is 3.35. The van der Waals surface area contributed by atoms with Crippen LogP contribution < -0.4 is 5.32 Å². The first-order valence-corrected chi connectivity index (χ1v) is 6.71. The number of hydrogen-bond acceptors (Lipinski definition) is 3. The fourth-order valence-corrected chi connectivity index (χ4v) is 2.13. The van der Waals surface area contributed by atoms with Crippen molar-refractivity contribution in [2.45, 2.75) is 32.7 Å². The first-order chi connectivity index (χ1) is 8.22. The predicted octanol–water partition coefficient (Wildman–Crippen LogP) is 3.99. The second-order valence-corrected chi connectivity index (χ2v) is 4.97. The van der Waals surface area contributed by atoms with E-state index in [4.69, 9.17) is 0 Å². The Morgan fingerprint density at radius 3 is 2.76 bits per heavy atom. The number of aromatic nitrogens is 2. The van der Waals surface area contributed by atoms with Gasteiger partial charge in [-0.15, -0.1) is 0 Å². The van der Waals surface area contributed by atoms with Crippen molar-refractivity contribution in [3.8, 4) is 0 Å². The van der Waals surface area contributed by atoms with E-state index in [0.717, 1.165) is 28.2 Å². The van der Waals surface area contributed by atoms with E-state index in [1.54, 1.807) is 0 Å². The molecule has 2 rings (SSSR count). The molecule has 0 aliphatic rings. The lowest BCUT2D eigenvalue weighted by Gasteiger charge is -2.14. The van der Waals surface area contributed by atoms with Crippen LogP contribution in [0.1, 0.15) is 26.7 Å². The van der Waals surface area contributed by atoms with Crippen LogP contribution in [0, 0.1) is 0 Å². The molecule has 0 spiro atoms. The standard InChI is InChI=1S/C13H16BrN3/c1-3-11(4-2)16-13-15-8-9-7-10(14)5-6-12(9)17-13/h5-8,11H,3-4H2,1-2H3,(H,15,16,17). The van der Waals surface area contributed by atoms with Crippen molar-refractivity contribution in [2.24, 2.45) is 0 Å². The normalized spacial score (nSPS) is 11.1. The Labute approximate surface area is 110 Å². The maximum Gasteiger partial charge on any atom is 0.223 e. The van der Waals surface area contributed by atoms with Gasteiger partial charge in [-0.25, -0.2) is 9.97 Å². The SMILES string of the molecule is CCC(CC)Nc1ncc2cc(Br)ccc2n1. The molecule has 90 valence electrons. The topological polar surface area (TPSA) is 37.8 Å². The quantitative estimate of drug-likeness (QED) is 0.926. The molecule has 0 aliphatic carbocycles.